The maximum Gasteiger partial charge on any atom is 0.325 e. The number of imide groups is 1. The van der Waals surface area contributed by atoms with Gasteiger partial charge in [-0.05, 0) is 55.3 Å². The Morgan fingerprint density at radius 3 is 2.36 bits per heavy atom. The molecule has 1 N–H and O–H groups in total. The molecule has 0 spiro atoms. The van der Waals surface area contributed by atoms with Crippen LogP contribution in [0.15, 0.2) is 30.3 Å². The first kappa shape index (κ1) is 19.6. The smallest absolute Gasteiger partial charge is 0.325 e. The van der Waals surface area contributed by atoms with Crippen molar-refractivity contribution in [3.8, 4) is 11.5 Å². The molecule has 0 bridgehead atoms. The lowest BCUT2D eigenvalue weighted by molar-refractivity contribution is -0.131. The third-order valence-electron chi connectivity index (χ3n) is 4.91. The van der Waals surface area contributed by atoms with E-state index in [0.29, 0.717) is 17.1 Å². The normalized spacial score (nSPS) is 19.0. The van der Waals surface area contributed by atoms with Gasteiger partial charge in [0.15, 0.2) is 11.5 Å². The van der Waals surface area contributed by atoms with Gasteiger partial charge in [-0.1, -0.05) is 0 Å². The number of halogens is 2. The van der Waals surface area contributed by atoms with Crippen molar-refractivity contribution >= 4 is 11.9 Å². The highest BCUT2D eigenvalue weighted by Gasteiger charge is 2.50. The number of rotatable bonds is 5. The molecule has 1 aliphatic heterocycles. The largest absolute Gasteiger partial charge is 0.493 e. The average Bonchev–Trinajstić information content (AvgIpc) is 2.88. The predicted octanol–water partition coefficient (Wildman–Crippen LogP) is 3.26. The fraction of sp³-hybridized carbons (Fsp3) is 0.300. The second kappa shape index (κ2) is 7.10. The SMILES string of the molecule is COc1cc(C)c(CN2C(=O)N[C@@](C)(c3cc(F)ccc3F)C2=O)cc1OC. The number of amides is 3. The molecule has 28 heavy (non-hydrogen) atoms. The van der Waals surface area contributed by atoms with E-state index in [1.807, 2.05) is 0 Å². The van der Waals surface area contributed by atoms with Crippen molar-refractivity contribution in [3.05, 3.63) is 58.7 Å². The van der Waals surface area contributed by atoms with Crippen LogP contribution in [0.4, 0.5) is 13.6 Å². The molecular weight excluding hydrogens is 370 g/mol. The number of hydrogen-bond acceptors (Lipinski definition) is 4. The van der Waals surface area contributed by atoms with Crippen LogP contribution >= 0.6 is 0 Å². The number of nitrogens with one attached hydrogen (secondary N) is 1. The number of carbonyl (C=O) groups excluding carboxylic acids is 2. The van der Waals surface area contributed by atoms with Gasteiger partial charge in [0.25, 0.3) is 5.91 Å². The number of ether oxygens (including phenoxy) is 2. The molecule has 1 saturated heterocycles. The number of methoxy groups -OCH3 is 2. The molecule has 6 nitrogen and oxygen atoms in total. The number of benzene rings is 2. The van der Waals surface area contributed by atoms with E-state index in [-0.39, 0.29) is 12.1 Å². The first-order chi connectivity index (χ1) is 13.2. The molecule has 1 heterocycles. The van der Waals surface area contributed by atoms with Gasteiger partial charge >= 0.3 is 6.03 Å². The highest BCUT2D eigenvalue weighted by Crippen LogP contribution is 2.34. The van der Waals surface area contributed by atoms with Crippen LogP contribution in [-0.2, 0) is 16.9 Å². The van der Waals surface area contributed by atoms with Crippen molar-refractivity contribution in [2.45, 2.75) is 25.9 Å². The quantitative estimate of drug-likeness (QED) is 0.796. The molecule has 0 aromatic heterocycles. The Bertz CT molecular complexity index is 963. The summed E-state index contributed by atoms with van der Waals surface area (Å²) in [5, 5.41) is 2.48. The Morgan fingerprint density at radius 1 is 1.07 bits per heavy atom. The molecule has 2 aromatic carbocycles. The van der Waals surface area contributed by atoms with Crippen LogP contribution < -0.4 is 14.8 Å². The first-order valence-corrected chi connectivity index (χ1v) is 8.52. The first-order valence-electron chi connectivity index (χ1n) is 8.52. The monoisotopic (exact) mass is 390 g/mol. The summed E-state index contributed by atoms with van der Waals surface area (Å²) in [5.74, 6) is -1.17. The Morgan fingerprint density at radius 2 is 1.71 bits per heavy atom. The molecule has 3 amide bonds. The topological polar surface area (TPSA) is 67.9 Å². The van der Waals surface area contributed by atoms with Crippen molar-refractivity contribution in [2.24, 2.45) is 0 Å². The van der Waals surface area contributed by atoms with E-state index >= 15 is 0 Å². The van der Waals surface area contributed by atoms with Crippen LogP contribution in [0.25, 0.3) is 0 Å². The van der Waals surface area contributed by atoms with E-state index < -0.39 is 29.1 Å². The van der Waals surface area contributed by atoms with Gasteiger partial charge in [-0.15, -0.1) is 0 Å². The number of carbonyl (C=O) groups is 2. The molecule has 8 heteroatoms. The summed E-state index contributed by atoms with van der Waals surface area (Å²) in [6.07, 6.45) is 0. The van der Waals surface area contributed by atoms with Gasteiger partial charge in [0.05, 0.1) is 20.8 Å². The van der Waals surface area contributed by atoms with Crippen LogP contribution in [0.1, 0.15) is 23.6 Å². The van der Waals surface area contributed by atoms with E-state index in [9.17, 15) is 18.4 Å². The molecule has 0 aliphatic carbocycles. The summed E-state index contributed by atoms with van der Waals surface area (Å²) in [7, 11) is 2.99. The zero-order chi connectivity index (χ0) is 20.6. The molecule has 2 aromatic rings. The highest BCUT2D eigenvalue weighted by molar-refractivity contribution is 6.07. The third-order valence-corrected chi connectivity index (χ3v) is 4.91. The molecule has 0 saturated carbocycles. The van der Waals surface area contributed by atoms with Crippen molar-refractivity contribution in [3.63, 3.8) is 0 Å². The number of urea groups is 1. The molecular formula is C20H20F2N2O4. The number of aryl methyl sites for hydroxylation is 1. The van der Waals surface area contributed by atoms with E-state index in [2.05, 4.69) is 5.32 Å². The van der Waals surface area contributed by atoms with Gasteiger partial charge in [-0.2, -0.15) is 0 Å². The van der Waals surface area contributed by atoms with Crippen LogP contribution in [-0.4, -0.2) is 31.1 Å². The maximum absolute atomic E-state index is 14.2. The second-order valence-electron chi connectivity index (χ2n) is 6.70. The van der Waals surface area contributed by atoms with Gasteiger partial charge in [-0.25, -0.2) is 13.6 Å². The summed E-state index contributed by atoms with van der Waals surface area (Å²) in [4.78, 5) is 26.4. The van der Waals surface area contributed by atoms with Crippen LogP contribution in [0.5, 0.6) is 11.5 Å². The van der Waals surface area contributed by atoms with E-state index in [4.69, 9.17) is 9.47 Å². The van der Waals surface area contributed by atoms with Crippen molar-refractivity contribution in [1.29, 1.82) is 0 Å². The van der Waals surface area contributed by atoms with E-state index in [1.54, 1.807) is 19.1 Å². The molecule has 0 radical (unpaired) electrons. The second-order valence-corrected chi connectivity index (χ2v) is 6.70. The molecule has 3 rings (SSSR count). The molecule has 148 valence electrons. The highest BCUT2D eigenvalue weighted by atomic mass is 19.1. The summed E-state index contributed by atoms with van der Waals surface area (Å²) in [6, 6.07) is 5.51. The van der Waals surface area contributed by atoms with Crippen molar-refractivity contribution in [2.75, 3.05) is 14.2 Å². The van der Waals surface area contributed by atoms with Crippen LogP contribution in [0, 0.1) is 18.6 Å². The van der Waals surface area contributed by atoms with Gasteiger partial charge < -0.3 is 14.8 Å². The minimum atomic E-state index is -1.70. The zero-order valence-corrected chi connectivity index (χ0v) is 15.9. The fourth-order valence-electron chi connectivity index (χ4n) is 3.27. The minimum Gasteiger partial charge on any atom is -0.493 e. The minimum absolute atomic E-state index is 0.0522. The third kappa shape index (κ3) is 3.15. The van der Waals surface area contributed by atoms with Crippen LogP contribution in [0.2, 0.25) is 0 Å². The van der Waals surface area contributed by atoms with Gasteiger partial charge in [0, 0.05) is 5.56 Å². The Balaban J connectivity index is 1.96. The van der Waals surface area contributed by atoms with Crippen molar-refractivity contribution < 1.29 is 27.8 Å². The Hall–Kier alpha value is -3.16. The molecule has 1 atom stereocenters. The lowest BCUT2D eigenvalue weighted by Gasteiger charge is -2.23. The lowest BCUT2D eigenvalue weighted by atomic mass is 9.91. The summed E-state index contributed by atoms with van der Waals surface area (Å²) >= 11 is 0. The van der Waals surface area contributed by atoms with E-state index in [1.165, 1.54) is 21.1 Å². The number of nitrogens with zero attached hydrogens (tertiary/aromatic N) is 1. The summed E-state index contributed by atoms with van der Waals surface area (Å²) in [6.45, 7) is 3.11. The predicted molar refractivity (Wildman–Crippen MR) is 97.1 cm³/mol. The van der Waals surface area contributed by atoms with E-state index in [0.717, 1.165) is 28.7 Å². The lowest BCUT2D eigenvalue weighted by Crippen LogP contribution is -2.41. The van der Waals surface area contributed by atoms with Gasteiger partial charge in [0.2, 0.25) is 0 Å². The molecule has 0 unspecified atom stereocenters. The molecule has 1 fully saturated rings. The van der Waals surface area contributed by atoms with Crippen molar-refractivity contribution in [1.82, 2.24) is 10.2 Å². The summed E-state index contributed by atoms with van der Waals surface area (Å²) in [5.41, 5.74) is -0.487. The Kier molecular flexibility index (Phi) is 4.97. The maximum atomic E-state index is 14.2. The average molecular weight is 390 g/mol. The molecule has 1 aliphatic rings. The van der Waals surface area contributed by atoms with Gasteiger partial charge in [0.1, 0.15) is 17.2 Å². The van der Waals surface area contributed by atoms with Crippen LogP contribution in [0.3, 0.4) is 0 Å². The zero-order valence-electron chi connectivity index (χ0n) is 15.9. The standard InChI is InChI=1S/C20H20F2N2O4/c1-11-7-16(27-3)17(28-4)8-12(11)10-24-18(25)20(2,23-19(24)26)14-9-13(21)5-6-15(14)22/h5-9H,10H2,1-4H3,(H,23,26)/t20-/m0/s1. The summed E-state index contributed by atoms with van der Waals surface area (Å²) < 4.78 is 38.4. The number of hydrogen-bond donors (Lipinski definition) is 1. The van der Waals surface area contributed by atoms with Gasteiger partial charge in [-0.3, -0.25) is 9.69 Å². The Labute approximate surface area is 161 Å². The fourth-order valence-corrected chi connectivity index (χ4v) is 3.27.